The van der Waals surface area contributed by atoms with Gasteiger partial charge in [0.25, 0.3) is 11.5 Å². The van der Waals surface area contributed by atoms with Crippen LogP contribution in [0, 0.1) is 0 Å². The van der Waals surface area contributed by atoms with Crippen LogP contribution in [0.5, 0.6) is 5.75 Å². The van der Waals surface area contributed by atoms with Crippen LogP contribution >= 0.6 is 0 Å². The molecule has 30 heavy (non-hydrogen) atoms. The van der Waals surface area contributed by atoms with Gasteiger partial charge in [-0.15, -0.1) is 0 Å². The second kappa shape index (κ2) is 8.60. The van der Waals surface area contributed by atoms with Crippen LogP contribution in [0.3, 0.4) is 0 Å². The van der Waals surface area contributed by atoms with Gasteiger partial charge in [0.2, 0.25) is 0 Å². The van der Waals surface area contributed by atoms with Crippen molar-refractivity contribution in [1.29, 1.82) is 0 Å². The third-order valence-electron chi connectivity index (χ3n) is 4.76. The Hall–Kier alpha value is -3.94. The minimum Gasteiger partial charge on any atom is -0.497 e. The molecule has 0 unspecified atom stereocenters. The largest absolute Gasteiger partial charge is 0.497 e. The zero-order valence-corrected chi connectivity index (χ0v) is 16.5. The highest BCUT2D eigenvalue weighted by molar-refractivity contribution is 5.94. The van der Waals surface area contributed by atoms with E-state index in [1.807, 2.05) is 30.3 Å². The van der Waals surface area contributed by atoms with E-state index in [0.717, 1.165) is 5.56 Å². The maximum absolute atomic E-state index is 12.8. The molecule has 0 fully saturated rings. The van der Waals surface area contributed by atoms with E-state index < -0.39 is 0 Å². The first kappa shape index (κ1) is 19.4. The number of rotatable bonds is 7. The van der Waals surface area contributed by atoms with Crippen molar-refractivity contribution in [2.45, 2.75) is 13.1 Å². The van der Waals surface area contributed by atoms with Crippen molar-refractivity contribution in [2.75, 3.05) is 13.7 Å². The van der Waals surface area contributed by atoms with Crippen molar-refractivity contribution in [1.82, 2.24) is 24.6 Å². The number of amides is 1. The number of nitrogens with one attached hydrogen (secondary N) is 1. The number of carbonyl (C=O) groups excluding carboxylic acids is 1. The van der Waals surface area contributed by atoms with Gasteiger partial charge < -0.3 is 10.1 Å². The zero-order chi connectivity index (χ0) is 20.9. The standard InChI is InChI=1S/C22H21N5O3/c1-30-18-9-5-8-17(12-18)21(28)23-10-11-27-20-19(13-25-27)22(29)26(15-24-20)14-16-6-3-2-4-7-16/h2-9,12-13,15H,10-11,14H2,1H3,(H,23,28). The van der Waals surface area contributed by atoms with Crippen LogP contribution in [0.25, 0.3) is 11.0 Å². The first-order valence-corrected chi connectivity index (χ1v) is 9.53. The second-order valence-electron chi connectivity index (χ2n) is 6.76. The number of nitrogens with zero attached hydrogens (tertiary/aromatic N) is 4. The summed E-state index contributed by atoms with van der Waals surface area (Å²) in [5, 5.41) is 7.57. The predicted molar refractivity (Wildman–Crippen MR) is 113 cm³/mol. The van der Waals surface area contributed by atoms with E-state index in [9.17, 15) is 9.59 Å². The smallest absolute Gasteiger partial charge is 0.264 e. The lowest BCUT2D eigenvalue weighted by molar-refractivity contribution is 0.0951. The number of fused-ring (bicyclic) bond motifs is 1. The van der Waals surface area contributed by atoms with Crippen LogP contribution in [-0.4, -0.2) is 38.9 Å². The summed E-state index contributed by atoms with van der Waals surface area (Å²) in [6.45, 7) is 1.19. The molecule has 8 heteroatoms. The predicted octanol–water partition coefficient (Wildman–Crippen LogP) is 2.08. The van der Waals surface area contributed by atoms with Crippen molar-refractivity contribution >= 4 is 16.9 Å². The van der Waals surface area contributed by atoms with Crippen LogP contribution in [0.15, 0.2) is 71.9 Å². The highest BCUT2D eigenvalue weighted by atomic mass is 16.5. The van der Waals surface area contributed by atoms with E-state index in [1.165, 1.54) is 12.5 Å². The summed E-state index contributed by atoms with van der Waals surface area (Å²) in [5.74, 6) is 0.417. The molecule has 4 aromatic rings. The molecular weight excluding hydrogens is 382 g/mol. The quantitative estimate of drug-likeness (QED) is 0.510. The Kier molecular flexibility index (Phi) is 5.56. The van der Waals surface area contributed by atoms with Crippen molar-refractivity contribution in [3.05, 3.63) is 88.6 Å². The fourth-order valence-electron chi connectivity index (χ4n) is 3.20. The molecule has 4 rings (SSSR count). The molecule has 0 bridgehead atoms. The van der Waals surface area contributed by atoms with Crippen LogP contribution < -0.4 is 15.6 Å². The fraction of sp³-hybridized carbons (Fsp3) is 0.182. The molecule has 0 atom stereocenters. The van der Waals surface area contributed by atoms with E-state index in [-0.39, 0.29) is 11.5 Å². The SMILES string of the molecule is COc1cccc(C(=O)NCCn2ncc3c(=O)n(Cc4ccccc4)cnc32)c1. The summed E-state index contributed by atoms with van der Waals surface area (Å²) in [6.07, 6.45) is 3.06. The maximum Gasteiger partial charge on any atom is 0.264 e. The Morgan fingerprint density at radius 3 is 2.77 bits per heavy atom. The summed E-state index contributed by atoms with van der Waals surface area (Å²) in [6, 6.07) is 16.7. The van der Waals surface area contributed by atoms with Crippen molar-refractivity contribution in [3.63, 3.8) is 0 Å². The summed E-state index contributed by atoms with van der Waals surface area (Å²) < 4.78 is 8.33. The normalized spacial score (nSPS) is 10.8. The van der Waals surface area contributed by atoms with Gasteiger partial charge in [0.05, 0.1) is 26.4 Å². The molecule has 2 aromatic carbocycles. The lowest BCUT2D eigenvalue weighted by atomic mass is 10.2. The Bertz CT molecular complexity index is 1230. The Labute approximate surface area is 172 Å². The number of hydrogen-bond donors (Lipinski definition) is 1. The van der Waals surface area contributed by atoms with Gasteiger partial charge in [0.1, 0.15) is 17.5 Å². The van der Waals surface area contributed by atoms with E-state index in [0.29, 0.717) is 42.0 Å². The number of benzene rings is 2. The molecule has 0 saturated heterocycles. The van der Waals surface area contributed by atoms with Gasteiger partial charge in [-0.1, -0.05) is 36.4 Å². The molecule has 0 aliphatic rings. The van der Waals surface area contributed by atoms with Crippen molar-refractivity contribution < 1.29 is 9.53 Å². The molecule has 0 saturated carbocycles. The molecular formula is C22H21N5O3. The van der Waals surface area contributed by atoms with Gasteiger partial charge in [-0.3, -0.25) is 14.2 Å². The molecule has 1 N–H and O–H groups in total. The van der Waals surface area contributed by atoms with Crippen LogP contribution in [-0.2, 0) is 13.1 Å². The van der Waals surface area contributed by atoms with Gasteiger partial charge in [-0.2, -0.15) is 5.10 Å². The molecule has 2 heterocycles. The van der Waals surface area contributed by atoms with Crippen molar-refractivity contribution in [3.8, 4) is 5.75 Å². The third kappa shape index (κ3) is 4.07. The second-order valence-corrected chi connectivity index (χ2v) is 6.76. The molecule has 152 valence electrons. The highest BCUT2D eigenvalue weighted by Crippen LogP contribution is 2.12. The van der Waals surface area contributed by atoms with Gasteiger partial charge in [-0.05, 0) is 23.8 Å². The first-order chi connectivity index (χ1) is 14.7. The van der Waals surface area contributed by atoms with E-state index in [4.69, 9.17) is 4.74 Å². The van der Waals surface area contributed by atoms with Gasteiger partial charge in [0, 0.05) is 12.1 Å². The Morgan fingerprint density at radius 2 is 1.97 bits per heavy atom. The number of hydrogen-bond acceptors (Lipinski definition) is 5. The monoisotopic (exact) mass is 403 g/mol. The molecule has 1 amide bonds. The van der Waals surface area contributed by atoms with Crippen LogP contribution in [0.2, 0.25) is 0 Å². The number of carbonyl (C=O) groups is 1. The summed E-state index contributed by atoms with van der Waals surface area (Å²) >= 11 is 0. The third-order valence-corrected chi connectivity index (χ3v) is 4.76. The van der Waals surface area contributed by atoms with E-state index in [2.05, 4.69) is 15.4 Å². The lowest BCUT2D eigenvalue weighted by Gasteiger charge is -2.08. The number of aromatic nitrogens is 4. The minimum atomic E-state index is -0.205. The number of methoxy groups -OCH3 is 1. The van der Waals surface area contributed by atoms with Gasteiger partial charge in [0.15, 0.2) is 5.65 Å². The minimum absolute atomic E-state index is 0.143. The topological polar surface area (TPSA) is 91.0 Å². The molecule has 0 aliphatic heterocycles. The number of ether oxygens (including phenoxy) is 1. The maximum atomic E-state index is 12.8. The molecule has 8 nitrogen and oxygen atoms in total. The zero-order valence-electron chi connectivity index (χ0n) is 16.5. The van der Waals surface area contributed by atoms with Gasteiger partial charge >= 0.3 is 0 Å². The van der Waals surface area contributed by atoms with E-state index in [1.54, 1.807) is 40.6 Å². The highest BCUT2D eigenvalue weighted by Gasteiger charge is 2.11. The molecule has 0 radical (unpaired) electrons. The average molecular weight is 403 g/mol. The summed E-state index contributed by atoms with van der Waals surface area (Å²) in [7, 11) is 1.56. The summed E-state index contributed by atoms with van der Waals surface area (Å²) in [4.78, 5) is 29.5. The molecule has 0 aliphatic carbocycles. The van der Waals surface area contributed by atoms with Crippen LogP contribution in [0.4, 0.5) is 0 Å². The first-order valence-electron chi connectivity index (χ1n) is 9.53. The molecule has 2 aromatic heterocycles. The van der Waals surface area contributed by atoms with Crippen LogP contribution in [0.1, 0.15) is 15.9 Å². The Morgan fingerprint density at radius 1 is 1.13 bits per heavy atom. The fourth-order valence-corrected chi connectivity index (χ4v) is 3.20. The lowest BCUT2D eigenvalue weighted by Crippen LogP contribution is -2.27. The average Bonchev–Trinajstić information content (AvgIpc) is 3.20. The van der Waals surface area contributed by atoms with Gasteiger partial charge in [-0.25, -0.2) is 9.67 Å². The van der Waals surface area contributed by atoms with E-state index >= 15 is 0 Å². The molecule has 0 spiro atoms. The summed E-state index contributed by atoms with van der Waals surface area (Å²) in [5.41, 5.74) is 1.89. The Balaban J connectivity index is 1.44. The van der Waals surface area contributed by atoms with Crippen molar-refractivity contribution in [2.24, 2.45) is 0 Å².